The first-order chi connectivity index (χ1) is 8.54. The molecule has 0 heterocycles. The number of hydrogen-bond donors (Lipinski definition) is 1. The van der Waals surface area contributed by atoms with Gasteiger partial charge in [0.05, 0.1) is 14.2 Å². The summed E-state index contributed by atoms with van der Waals surface area (Å²) in [5.41, 5.74) is 0.0289. The molecule has 1 aliphatic carbocycles. The van der Waals surface area contributed by atoms with Crippen molar-refractivity contribution in [2.45, 2.75) is 0 Å². The maximum Gasteiger partial charge on any atom is 0.407 e. The minimum atomic E-state index is -0.698. The Morgan fingerprint density at radius 1 is 1.22 bits per heavy atom. The molecule has 0 atom stereocenters. The molecule has 18 heavy (non-hydrogen) atoms. The highest BCUT2D eigenvalue weighted by molar-refractivity contribution is 6.21. The van der Waals surface area contributed by atoms with E-state index in [1.54, 1.807) is 0 Å². The van der Waals surface area contributed by atoms with Crippen molar-refractivity contribution in [3.05, 3.63) is 23.2 Å². The summed E-state index contributed by atoms with van der Waals surface area (Å²) in [6.07, 6.45) is 0.365. The summed E-state index contributed by atoms with van der Waals surface area (Å²) >= 11 is 0. The molecule has 1 rings (SSSR count). The van der Waals surface area contributed by atoms with Gasteiger partial charge in [-0.25, -0.2) is 4.79 Å². The third kappa shape index (κ3) is 2.68. The summed E-state index contributed by atoms with van der Waals surface area (Å²) in [5.74, 6) is -1.41. The van der Waals surface area contributed by atoms with E-state index in [2.05, 4.69) is 5.32 Å². The first-order valence-electron chi connectivity index (χ1n) is 5.01. The van der Waals surface area contributed by atoms with Crippen LogP contribution in [0.5, 0.6) is 0 Å². The molecule has 98 valence electrons. The molecule has 7 heteroatoms. The fourth-order valence-electron chi connectivity index (χ4n) is 1.35. The van der Waals surface area contributed by atoms with Gasteiger partial charge in [-0.3, -0.25) is 9.59 Å². The molecule has 1 N–H and O–H groups in total. The predicted molar refractivity (Wildman–Crippen MR) is 59.5 cm³/mol. The Morgan fingerprint density at radius 3 is 2.33 bits per heavy atom. The number of nitrogens with one attached hydrogen (secondary N) is 1. The number of ether oxygens (including phenoxy) is 3. The second-order valence-corrected chi connectivity index (χ2v) is 3.26. The lowest BCUT2D eigenvalue weighted by Gasteiger charge is -2.16. The number of carbonyl (C=O) groups is 3. The molecule has 1 amide bonds. The molecule has 1 aliphatic rings. The van der Waals surface area contributed by atoms with E-state index in [-0.39, 0.29) is 23.7 Å². The van der Waals surface area contributed by atoms with E-state index in [9.17, 15) is 14.4 Å². The van der Waals surface area contributed by atoms with Gasteiger partial charge in [-0.2, -0.15) is 0 Å². The largest absolute Gasteiger partial charge is 0.490 e. The molecule has 0 unspecified atom stereocenters. The fraction of sp³-hybridized carbons (Fsp3) is 0.364. The lowest BCUT2D eigenvalue weighted by molar-refractivity contribution is -0.120. The second-order valence-electron chi connectivity index (χ2n) is 3.26. The quantitative estimate of drug-likeness (QED) is 0.707. The van der Waals surface area contributed by atoms with Crippen LogP contribution in [0.15, 0.2) is 23.2 Å². The van der Waals surface area contributed by atoms with Gasteiger partial charge in [-0.15, -0.1) is 0 Å². The van der Waals surface area contributed by atoms with Gasteiger partial charge >= 0.3 is 6.09 Å². The van der Waals surface area contributed by atoms with Crippen LogP contribution in [0.4, 0.5) is 4.79 Å². The van der Waals surface area contributed by atoms with E-state index in [0.29, 0.717) is 0 Å². The molecular formula is C11H13NO6. The summed E-state index contributed by atoms with van der Waals surface area (Å²) in [6.45, 7) is -0.311. The van der Waals surface area contributed by atoms with Crippen LogP contribution >= 0.6 is 0 Å². The molecule has 7 nitrogen and oxygen atoms in total. The number of alkyl carbamates (subject to hydrolysis) is 1. The van der Waals surface area contributed by atoms with Crippen molar-refractivity contribution >= 4 is 17.7 Å². The first kappa shape index (κ1) is 13.8. The number of rotatable bonds is 4. The number of ketones is 2. The van der Waals surface area contributed by atoms with Gasteiger partial charge in [-0.05, 0) is 0 Å². The van der Waals surface area contributed by atoms with Crippen molar-refractivity contribution in [3.63, 3.8) is 0 Å². The van der Waals surface area contributed by atoms with Crippen molar-refractivity contribution < 1.29 is 28.6 Å². The molecule has 0 saturated heterocycles. The monoisotopic (exact) mass is 255 g/mol. The average molecular weight is 255 g/mol. The van der Waals surface area contributed by atoms with Crippen LogP contribution in [0.2, 0.25) is 0 Å². The van der Waals surface area contributed by atoms with Crippen LogP contribution in [0, 0.1) is 0 Å². The van der Waals surface area contributed by atoms with Crippen molar-refractivity contribution in [3.8, 4) is 0 Å². The second kappa shape index (κ2) is 5.85. The summed E-state index contributed by atoms with van der Waals surface area (Å²) in [6, 6.07) is 0. The molecule has 0 saturated carbocycles. The van der Waals surface area contributed by atoms with Gasteiger partial charge in [0.15, 0.2) is 0 Å². The number of amides is 1. The lowest BCUT2D eigenvalue weighted by Crippen LogP contribution is -2.26. The predicted octanol–water partition coefficient (Wildman–Crippen LogP) is -0.0750. The lowest BCUT2D eigenvalue weighted by atomic mass is 10.0. The van der Waals surface area contributed by atoms with Crippen LogP contribution in [0.25, 0.3) is 0 Å². The maximum absolute atomic E-state index is 11.9. The first-order valence-corrected chi connectivity index (χ1v) is 5.01. The van der Waals surface area contributed by atoms with E-state index in [1.165, 1.54) is 21.3 Å². The van der Waals surface area contributed by atoms with Crippen LogP contribution in [-0.4, -0.2) is 45.5 Å². The van der Waals surface area contributed by atoms with E-state index in [0.717, 1.165) is 6.08 Å². The van der Waals surface area contributed by atoms with Gasteiger partial charge in [0.25, 0.3) is 0 Å². The Kier molecular flexibility index (Phi) is 4.47. The topological polar surface area (TPSA) is 90.9 Å². The Hall–Kier alpha value is -2.31. The van der Waals surface area contributed by atoms with Crippen molar-refractivity contribution in [2.24, 2.45) is 0 Å². The third-order valence-electron chi connectivity index (χ3n) is 2.20. The molecule has 0 bridgehead atoms. The molecule has 0 aliphatic heterocycles. The van der Waals surface area contributed by atoms with E-state index in [4.69, 9.17) is 14.2 Å². The molecule has 0 fully saturated rings. The Morgan fingerprint density at radius 2 is 1.83 bits per heavy atom. The maximum atomic E-state index is 11.9. The highest BCUT2D eigenvalue weighted by atomic mass is 16.5. The normalized spacial score (nSPS) is 15.2. The van der Waals surface area contributed by atoms with Gasteiger partial charge in [0.1, 0.15) is 6.61 Å². The Bertz CT molecular complexity index is 448. The van der Waals surface area contributed by atoms with Gasteiger partial charge < -0.3 is 19.5 Å². The summed E-state index contributed by atoms with van der Waals surface area (Å²) in [4.78, 5) is 34.4. The molecule has 0 aromatic carbocycles. The summed E-state index contributed by atoms with van der Waals surface area (Å²) in [5, 5.41) is 2.22. The van der Waals surface area contributed by atoms with Gasteiger partial charge in [-0.1, -0.05) is 0 Å². The van der Waals surface area contributed by atoms with Crippen molar-refractivity contribution in [2.75, 3.05) is 27.9 Å². The number of methoxy groups -OCH3 is 2. The van der Waals surface area contributed by atoms with Crippen LogP contribution in [0.1, 0.15) is 0 Å². The fourth-order valence-corrected chi connectivity index (χ4v) is 1.35. The van der Waals surface area contributed by atoms with E-state index in [1.807, 2.05) is 0 Å². The van der Waals surface area contributed by atoms with E-state index < -0.39 is 17.7 Å². The van der Waals surface area contributed by atoms with Crippen LogP contribution < -0.4 is 5.32 Å². The number of carbonyl (C=O) groups excluding carboxylic acids is 3. The summed E-state index contributed by atoms with van der Waals surface area (Å²) < 4.78 is 14.3. The van der Waals surface area contributed by atoms with Crippen molar-refractivity contribution in [1.29, 1.82) is 0 Å². The highest BCUT2D eigenvalue weighted by Gasteiger charge is 2.31. The minimum absolute atomic E-state index is 0.0289. The summed E-state index contributed by atoms with van der Waals surface area (Å²) in [7, 11) is 3.90. The molecular weight excluding hydrogens is 242 g/mol. The van der Waals surface area contributed by atoms with Crippen molar-refractivity contribution in [1.82, 2.24) is 5.32 Å². The van der Waals surface area contributed by atoms with Crippen LogP contribution in [-0.2, 0) is 23.8 Å². The third-order valence-corrected chi connectivity index (χ3v) is 2.20. The minimum Gasteiger partial charge on any atom is -0.490 e. The zero-order valence-corrected chi connectivity index (χ0v) is 10.2. The zero-order chi connectivity index (χ0) is 13.7. The number of Topliss-reactive ketones (excluding diaryl/α,β-unsaturated/α-hetero) is 1. The smallest absolute Gasteiger partial charge is 0.407 e. The average Bonchev–Trinajstić information content (AvgIpc) is 2.38. The Balaban J connectivity index is 2.89. The van der Waals surface area contributed by atoms with Gasteiger partial charge in [0, 0.05) is 18.7 Å². The number of hydrogen-bond acceptors (Lipinski definition) is 6. The van der Waals surface area contributed by atoms with Gasteiger partial charge in [0.2, 0.25) is 23.1 Å². The zero-order valence-electron chi connectivity index (χ0n) is 10.2. The Labute approximate surface area is 103 Å². The highest BCUT2D eigenvalue weighted by Crippen LogP contribution is 2.20. The van der Waals surface area contributed by atoms with E-state index >= 15 is 0 Å². The molecule has 0 radical (unpaired) electrons. The standard InChI is InChI=1S/C11H13NO6/c1-12-11(15)18-5-6-4-7(13)9(16-2)10(17-3)8(6)14/h4H,5H2,1-3H3,(H,12,15). The molecule has 0 aromatic rings. The van der Waals surface area contributed by atoms with Crippen LogP contribution in [0.3, 0.4) is 0 Å². The SMILES string of the molecule is CNC(=O)OCC1=CC(=O)C(OC)=C(OC)C1=O. The molecule has 0 aromatic heterocycles. The molecule has 0 spiro atoms. The number of allylic oxidation sites excluding steroid dienone is 2.